The lowest BCUT2D eigenvalue weighted by molar-refractivity contribution is 0.0835. The molecule has 0 bridgehead atoms. The molecule has 23 heavy (non-hydrogen) atoms. The summed E-state index contributed by atoms with van der Waals surface area (Å²) in [6.07, 6.45) is 1.13. The molecular formula is C16H20ClN3O3. The third-order valence-corrected chi connectivity index (χ3v) is 4.40. The Morgan fingerprint density at radius 1 is 1.30 bits per heavy atom. The molecule has 2 heterocycles. The van der Waals surface area contributed by atoms with Crippen molar-refractivity contribution in [1.29, 1.82) is 0 Å². The highest BCUT2D eigenvalue weighted by atomic mass is 35.5. The van der Waals surface area contributed by atoms with Crippen molar-refractivity contribution in [3.8, 4) is 11.5 Å². The van der Waals surface area contributed by atoms with Crippen LogP contribution >= 0.6 is 11.6 Å². The molecule has 1 aromatic carbocycles. The first kappa shape index (κ1) is 16.1. The fourth-order valence-electron chi connectivity index (χ4n) is 3.09. The van der Waals surface area contributed by atoms with E-state index in [1.165, 1.54) is 0 Å². The van der Waals surface area contributed by atoms with Crippen molar-refractivity contribution in [2.45, 2.75) is 19.2 Å². The van der Waals surface area contributed by atoms with Crippen LogP contribution in [0, 0.1) is 0 Å². The molecule has 0 fully saturated rings. The SMILES string of the molecule is COc1ccc(OC)c2c1CN(Cc1nn(C)cc1Cl)CC2O. The molecule has 3 rings (SSSR count). The minimum atomic E-state index is -0.647. The van der Waals surface area contributed by atoms with Gasteiger partial charge in [0.2, 0.25) is 0 Å². The fourth-order valence-corrected chi connectivity index (χ4v) is 3.33. The maximum atomic E-state index is 10.6. The molecule has 2 aromatic rings. The Morgan fingerprint density at radius 2 is 2.00 bits per heavy atom. The van der Waals surface area contributed by atoms with Gasteiger partial charge < -0.3 is 14.6 Å². The molecule has 0 amide bonds. The summed E-state index contributed by atoms with van der Waals surface area (Å²) < 4.78 is 12.5. The lowest BCUT2D eigenvalue weighted by Crippen LogP contribution is -2.34. The molecule has 0 aliphatic carbocycles. The highest BCUT2D eigenvalue weighted by molar-refractivity contribution is 6.31. The number of fused-ring (bicyclic) bond motifs is 1. The van der Waals surface area contributed by atoms with Gasteiger partial charge in [0, 0.05) is 44.0 Å². The van der Waals surface area contributed by atoms with E-state index in [4.69, 9.17) is 21.1 Å². The Kier molecular flexibility index (Phi) is 4.48. The first-order valence-electron chi connectivity index (χ1n) is 7.35. The van der Waals surface area contributed by atoms with Crippen LogP contribution in [-0.4, -0.2) is 40.6 Å². The molecular weight excluding hydrogens is 318 g/mol. The Balaban J connectivity index is 1.92. The van der Waals surface area contributed by atoms with Gasteiger partial charge in [0.05, 0.1) is 31.0 Å². The van der Waals surface area contributed by atoms with Gasteiger partial charge in [-0.05, 0) is 12.1 Å². The van der Waals surface area contributed by atoms with E-state index in [9.17, 15) is 5.11 Å². The van der Waals surface area contributed by atoms with E-state index in [0.717, 1.165) is 22.6 Å². The number of aromatic nitrogens is 2. The lowest BCUT2D eigenvalue weighted by atomic mass is 9.95. The summed E-state index contributed by atoms with van der Waals surface area (Å²) in [5.41, 5.74) is 2.54. The summed E-state index contributed by atoms with van der Waals surface area (Å²) in [6, 6.07) is 3.69. The predicted molar refractivity (Wildman–Crippen MR) is 86.8 cm³/mol. The molecule has 1 atom stereocenters. The zero-order chi connectivity index (χ0) is 16.6. The van der Waals surface area contributed by atoms with Gasteiger partial charge in [-0.25, -0.2) is 0 Å². The number of hydrogen-bond donors (Lipinski definition) is 1. The smallest absolute Gasteiger partial charge is 0.125 e. The highest BCUT2D eigenvalue weighted by Crippen LogP contribution is 2.39. The number of halogens is 1. The minimum absolute atomic E-state index is 0.490. The standard InChI is InChI=1S/C16H20ClN3O3/c1-19-7-11(17)12(18-19)8-20-6-10-14(22-2)4-5-15(23-3)16(10)13(21)9-20/h4-5,7,13,21H,6,8-9H2,1-3H3. The number of methoxy groups -OCH3 is 2. The van der Waals surface area contributed by atoms with Gasteiger partial charge in [-0.1, -0.05) is 11.6 Å². The second-order valence-corrected chi connectivity index (χ2v) is 6.05. The minimum Gasteiger partial charge on any atom is -0.496 e. The maximum absolute atomic E-state index is 10.6. The summed E-state index contributed by atoms with van der Waals surface area (Å²) in [5.74, 6) is 1.43. The van der Waals surface area contributed by atoms with Crippen molar-refractivity contribution >= 4 is 11.6 Å². The normalized spacial score (nSPS) is 17.9. The zero-order valence-corrected chi connectivity index (χ0v) is 14.2. The molecule has 1 aliphatic rings. The predicted octanol–water partition coefficient (Wildman–Crippen LogP) is 2.14. The third kappa shape index (κ3) is 3.02. The van der Waals surface area contributed by atoms with Crippen molar-refractivity contribution in [3.05, 3.63) is 40.2 Å². The second-order valence-electron chi connectivity index (χ2n) is 5.65. The number of aliphatic hydroxyl groups is 1. The summed E-state index contributed by atoms with van der Waals surface area (Å²) in [4.78, 5) is 2.10. The zero-order valence-electron chi connectivity index (χ0n) is 13.4. The van der Waals surface area contributed by atoms with Crippen molar-refractivity contribution < 1.29 is 14.6 Å². The molecule has 1 N–H and O–H groups in total. The fraction of sp³-hybridized carbons (Fsp3) is 0.438. The number of β-amino-alcohol motifs (C(OH)–C–C–N with tert-alkyl or cyclic N) is 1. The van der Waals surface area contributed by atoms with Gasteiger partial charge in [0.1, 0.15) is 11.5 Å². The summed E-state index contributed by atoms with van der Waals surface area (Å²) in [6.45, 7) is 1.69. The first-order chi connectivity index (χ1) is 11.0. The van der Waals surface area contributed by atoms with Gasteiger partial charge in [-0.2, -0.15) is 5.10 Å². The Hall–Kier alpha value is -1.76. The van der Waals surface area contributed by atoms with E-state index in [-0.39, 0.29) is 0 Å². The number of benzene rings is 1. The van der Waals surface area contributed by atoms with Crippen molar-refractivity contribution in [2.75, 3.05) is 20.8 Å². The largest absolute Gasteiger partial charge is 0.496 e. The van der Waals surface area contributed by atoms with E-state index >= 15 is 0 Å². The summed E-state index contributed by atoms with van der Waals surface area (Å²) in [5, 5.41) is 15.6. The molecule has 1 unspecified atom stereocenters. The quantitative estimate of drug-likeness (QED) is 0.926. The monoisotopic (exact) mass is 337 g/mol. The number of nitrogens with zero attached hydrogens (tertiary/aromatic N) is 3. The van der Waals surface area contributed by atoms with Crippen LogP contribution in [0.25, 0.3) is 0 Å². The van der Waals surface area contributed by atoms with Gasteiger partial charge in [-0.3, -0.25) is 9.58 Å². The highest BCUT2D eigenvalue weighted by Gasteiger charge is 2.30. The lowest BCUT2D eigenvalue weighted by Gasteiger charge is -2.33. The van der Waals surface area contributed by atoms with Crippen molar-refractivity contribution in [2.24, 2.45) is 7.05 Å². The van der Waals surface area contributed by atoms with E-state index in [1.807, 2.05) is 19.2 Å². The Morgan fingerprint density at radius 3 is 2.61 bits per heavy atom. The molecule has 0 saturated heterocycles. The number of aliphatic hydroxyl groups excluding tert-OH is 1. The average Bonchev–Trinajstić information content (AvgIpc) is 2.83. The van der Waals surface area contributed by atoms with Crippen LogP contribution in [-0.2, 0) is 20.1 Å². The Bertz CT molecular complexity index is 717. The molecule has 0 radical (unpaired) electrons. The van der Waals surface area contributed by atoms with Crippen LogP contribution in [0.3, 0.4) is 0 Å². The Labute approximate surface area is 140 Å². The number of aryl methyl sites for hydroxylation is 1. The molecule has 1 aliphatic heterocycles. The summed E-state index contributed by atoms with van der Waals surface area (Å²) >= 11 is 6.19. The first-order valence-corrected chi connectivity index (χ1v) is 7.73. The van der Waals surface area contributed by atoms with Gasteiger partial charge >= 0.3 is 0 Å². The third-order valence-electron chi connectivity index (χ3n) is 4.09. The van der Waals surface area contributed by atoms with E-state index < -0.39 is 6.10 Å². The molecule has 0 spiro atoms. The van der Waals surface area contributed by atoms with Crippen LogP contribution in [0.4, 0.5) is 0 Å². The van der Waals surface area contributed by atoms with Crippen LogP contribution in [0.1, 0.15) is 22.9 Å². The van der Waals surface area contributed by atoms with Crippen molar-refractivity contribution in [1.82, 2.24) is 14.7 Å². The molecule has 124 valence electrons. The number of hydrogen-bond acceptors (Lipinski definition) is 5. The molecule has 1 aromatic heterocycles. The molecule has 6 nitrogen and oxygen atoms in total. The van der Waals surface area contributed by atoms with E-state index in [1.54, 1.807) is 25.1 Å². The van der Waals surface area contributed by atoms with Crippen LogP contribution in [0.5, 0.6) is 11.5 Å². The van der Waals surface area contributed by atoms with Crippen molar-refractivity contribution in [3.63, 3.8) is 0 Å². The van der Waals surface area contributed by atoms with Gasteiger partial charge in [0.15, 0.2) is 0 Å². The van der Waals surface area contributed by atoms with E-state index in [2.05, 4.69) is 10.00 Å². The average molecular weight is 338 g/mol. The maximum Gasteiger partial charge on any atom is 0.125 e. The van der Waals surface area contributed by atoms with Crippen LogP contribution in [0.15, 0.2) is 18.3 Å². The topological polar surface area (TPSA) is 59.8 Å². The number of rotatable bonds is 4. The van der Waals surface area contributed by atoms with Gasteiger partial charge in [-0.15, -0.1) is 0 Å². The summed E-state index contributed by atoms with van der Waals surface area (Å²) in [7, 11) is 5.07. The van der Waals surface area contributed by atoms with Crippen LogP contribution < -0.4 is 9.47 Å². The van der Waals surface area contributed by atoms with E-state index in [0.29, 0.717) is 30.4 Å². The molecule has 0 saturated carbocycles. The van der Waals surface area contributed by atoms with Gasteiger partial charge in [0.25, 0.3) is 0 Å². The second kappa shape index (κ2) is 6.39. The number of ether oxygens (including phenoxy) is 2. The van der Waals surface area contributed by atoms with Crippen LogP contribution in [0.2, 0.25) is 5.02 Å². The molecule has 7 heteroatoms.